The molecule has 34 heavy (non-hydrogen) atoms. The van der Waals surface area contributed by atoms with Crippen LogP contribution in [-0.4, -0.2) is 53.8 Å². The molecule has 0 unspecified atom stereocenters. The Morgan fingerprint density at radius 1 is 0.912 bits per heavy atom. The summed E-state index contributed by atoms with van der Waals surface area (Å²) in [6.45, 7) is 5.33. The number of methoxy groups -OCH3 is 2. The molecule has 1 N–H and O–H groups in total. The number of rotatable bonds is 6. The molecular formula is C26H30N4O4. The molecule has 8 nitrogen and oxygen atoms in total. The summed E-state index contributed by atoms with van der Waals surface area (Å²) < 4.78 is 12.7. The Bertz CT molecular complexity index is 1190. The van der Waals surface area contributed by atoms with Crippen LogP contribution in [0.5, 0.6) is 11.5 Å². The monoisotopic (exact) mass is 462 g/mol. The van der Waals surface area contributed by atoms with Crippen LogP contribution in [0.1, 0.15) is 51.4 Å². The van der Waals surface area contributed by atoms with Gasteiger partial charge in [0.15, 0.2) is 11.5 Å². The van der Waals surface area contributed by atoms with Crippen LogP contribution in [0.25, 0.3) is 5.69 Å². The summed E-state index contributed by atoms with van der Waals surface area (Å²) in [4.78, 5) is 28.2. The molecule has 0 saturated carbocycles. The molecular weight excluding hydrogens is 432 g/mol. The van der Waals surface area contributed by atoms with Crippen molar-refractivity contribution >= 4 is 17.5 Å². The van der Waals surface area contributed by atoms with Gasteiger partial charge in [-0.15, -0.1) is 0 Å². The number of nitrogens with one attached hydrogen (secondary N) is 1. The lowest BCUT2D eigenvalue weighted by molar-refractivity contribution is 0.0725. The highest BCUT2D eigenvalue weighted by Gasteiger charge is 2.24. The zero-order chi connectivity index (χ0) is 24.2. The number of hydrogen-bond donors (Lipinski definition) is 1. The second-order valence-electron chi connectivity index (χ2n) is 8.45. The summed E-state index contributed by atoms with van der Waals surface area (Å²) >= 11 is 0. The Kier molecular flexibility index (Phi) is 6.86. The van der Waals surface area contributed by atoms with E-state index in [1.807, 2.05) is 41.6 Å². The van der Waals surface area contributed by atoms with E-state index in [0.717, 1.165) is 36.3 Å². The molecule has 2 heterocycles. The largest absolute Gasteiger partial charge is 0.493 e. The Hall–Kier alpha value is -3.81. The predicted octanol–water partition coefficient (Wildman–Crippen LogP) is 4.38. The van der Waals surface area contributed by atoms with Crippen LogP contribution in [0.4, 0.5) is 5.69 Å². The van der Waals surface area contributed by atoms with E-state index in [1.165, 1.54) is 14.2 Å². The fourth-order valence-electron chi connectivity index (χ4n) is 4.27. The maximum Gasteiger partial charge on any atom is 0.256 e. The number of amides is 2. The van der Waals surface area contributed by atoms with Gasteiger partial charge in [0.1, 0.15) is 0 Å². The quantitative estimate of drug-likeness (QED) is 0.587. The van der Waals surface area contributed by atoms with Gasteiger partial charge in [0, 0.05) is 30.4 Å². The maximum absolute atomic E-state index is 13.3. The van der Waals surface area contributed by atoms with Crippen LogP contribution in [-0.2, 0) is 0 Å². The lowest BCUT2D eigenvalue weighted by Gasteiger charge is -2.28. The van der Waals surface area contributed by atoms with Crippen molar-refractivity contribution in [2.75, 3.05) is 32.6 Å². The van der Waals surface area contributed by atoms with Gasteiger partial charge < -0.3 is 19.7 Å². The van der Waals surface area contributed by atoms with Crippen molar-refractivity contribution in [3.05, 3.63) is 65.0 Å². The summed E-state index contributed by atoms with van der Waals surface area (Å²) in [5.74, 6) is 0.429. The van der Waals surface area contributed by atoms with Crippen LogP contribution in [0.15, 0.2) is 42.5 Å². The highest BCUT2D eigenvalue weighted by Crippen LogP contribution is 2.34. The van der Waals surface area contributed by atoms with E-state index in [1.54, 1.807) is 24.3 Å². The Morgan fingerprint density at radius 2 is 1.56 bits per heavy atom. The number of benzene rings is 2. The molecule has 2 amide bonds. The number of carbonyl (C=O) groups is 2. The molecule has 0 aliphatic carbocycles. The molecule has 1 fully saturated rings. The van der Waals surface area contributed by atoms with Crippen molar-refractivity contribution in [3.63, 3.8) is 0 Å². The van der Waals surface area contributed by atoms with Gasteiger partial charge in [0.05, 0.1) is 36.9 Å². The van der Waals surface area contributed by atoms with Crippen molar-refractivity contribution in [3.8, 4) is 17.2 Å². The van der Waals surface area contributed by atoms with Crippen LogP contribution < -0.4 is 14.8 Å². The lowest BCUT2D eigenvalue weighted by atomic mass is 10.1. The Labute approximate surface area is 199 Å². The molecule has 1 saturated heterocycles. The van der Waals surface area contributed by atoms with E-state index < -0.39 is 0 Å². The van der Waals surface area contributed by atoms with E-state index in [4.69, 9.17) is 9.47 Å². The molecule has 0 atom stereocenters. The zero-order valence-corrected chi connectivity index (χ0v) is 20.1. The first-order valence-corrected chi connectivity index (χ1v) is 11.4. The number of aryl methyl sites for hydroxylation is 2. The molecule has 4 rings (SSSR count). The van der Waals surface area contributed by atoms with Gasteiger partial charge in [0.25, 0.3) is 11.8 Å². The topological polar surface area (TPSA) is 85.7 Å². The van der Waals surface area contributed by atoms with E-state index in [-0.39, 0.29) is 11.8 Å². The standard InChI is InChI=1S/C26H30N4O4/c1-17-14-18(2)30(28-17)20-10-8-19(9-11-20)25(31)27-22-16-24(34-4)23(33-3)15-21(22)26(32)29-12-6-5-7-13-29/h8-11,14-16H,5-7,12-13H2,1-4H3,(H,27,31). The van der Waals surface area contributed by atoms with Gasteiger partial charge in [-0.1, -0.05) is 0 Å². The summed E-state index contributed by atoms with van der Waals surface area (Å²) in [5, 5.41) is 7.38. The number of ether oxygens (including phenoxy) is 2. The number of hydrogen-bond acceptors (Lipinski definition) is 5. The molecule has 0 spiro atoms. The fourth-order valence-corrected chi connectivity index (χ4v) is 4.27. The Balaban J connectivity index is 1.62. The first kappa shape index (κ1) is 23.4. The zero-order valence-electron chi connectivity index (χ0n) is 20.1. The van der Waals surface area contributed by atoms with Crippen LogP contribution >= 0.6 is 0 Å². The van der Waals surface area contributed by atoms with Gasteiger partial charge in [-0.25, -0.2) is 4.68 Å². The van der Waals surface area contributed by atoms with E-state index >= 15 is 0 Å². The van der Waals surface area contributed by atoms with Crippen LogP contribution in [0.3, 0.4) is 0 Å². The summed E-state index contributed by atoms with van der Waals surface area (Å²) in [5.41, 5.74) is 4.05. The summed E-state index contributed by atoms with van der Waals surface area (Å²) in [6, 6.07) is 12.5. The minimum atomic E-state index is -0.320. The maximum atomic E-state index is 13.3. The average molecular weight is 463 g/mol. The van der Waals surface area contributed by atoms with Gasteiger partial charge in [-0.05, 0) is 69.5 Å². The summed E-state index contributed by atoms with van der Waals surface area (Å²) in [7, 11) is 3.04. The smallest absolute Gasteiger partial charge is 0.256 e. The second kappa shape index (κ2) is 9.99. The first-order chi connectivity index (χ1) is 16.4. The number of carbonyl (C=O) groups excluding carboxylic acids is 2. The summed E-state index contributed by atoms with van der Waals surface area (Å²) in [6.07, 6.45) is 3.07. The van der Waals surface area contributed by atoms with Crippen molar-refractivity contribution in [2.24, 2.45) is 0 Å². The Morgan fingerprint density at radius 3 is 2.15 bits per heavy atom. The average Bonchev–Trinajstić information content (AvgIpc) is 3.21. The van der Waals surface area contributed by atoms with E-state index in [0.29, 0.717) is 41.4 Å². The third-order valence-corrected chi connectivity index (χ3v) is 6.03. The minimum absolute atomic E-state index is 0.129. The van der Waals surface area contributed by atoms with Crippen molar-refractivity contribution in [1.29, 1.82) is 0 Å². The van der Waals surface area contributed by atoms with Gasteiger partial charge >= 0.3 is 0 Å². The van der Waals surface area contributed by atoms with Gasteiger partial charge in [-0.3, -0.25) is 9.59 Å². The fraction of sp³-hybridized carbons (Fsp3) is 0.346. The molecule has 3 aromatic rings. The molecule has 8 heteroatoms. The van der Waals surface area contributed by atoms with Crippen molar-refractivity contribution in [2.45, 2.75) is 33.1 Å². The lowest BCUT2D eigenvalue weighted by Crippen LogP contribution is -2.36. The van der Waals surface area contributed by atoms with Gasteiger partial charge in [0.2, 0.25) is 0 Å². The van der Waals surface area contributed by atoms with Crippen LogP contribution in [0, 0.1) is 13.8 Å². The van der Waals surface area contributed by atoms with Gasteiger partial charge in [-0.2, -0.15) is 5.10 Å². The van der Waals surface area contributed by atoms with Crippen molar-refractivity contribution < 1.29 is 19.1 Å². The molecule has 2 aromatic carbocycles. The number of piperidine rings is 1. The molecule has 1 aliphatic rings. The number of aromatic nitrogens is 2. The molecule has 1 aromatic heterocycles. The molecule has 178 valence electrons. The highest BCUT2D eigenvalue weighted by atomic mass is 16.5. The van der Waals surface area contributed by atoms with E-state index in [2.05, 4.69) is 10.4 Å². The van der Waals surface area contributed by atoms with E-state index in [9.17, 15) is 9.59 Å². The second-order valence-corrected chi connectivity index (χ2v) is 8.45. The van der Waals surface area contributed by atoms with Crippen molar-refractivity contribution in [1.82, 2.24) is 14.7 Å². The molecule has 0 radical (unpaired) electrons. The third-order valence-electron chi connectivity index (χ3n) is 6.03. The minimum Gasteiger partial charge on any atom is -0.493 e. The molecule has 1 aliphatic heterocycles. The van der Waals surface area contributed by atoms with Crippen LogP contribution in [0.2, 0.25) is 0 Å². The predicted molar refractivity (Wildman–Crippen MR) is 130 cm³/mol. The first-order valence-electron chi connectivity index (χ1n) is 11.4. The normalized spacial score (nSPS) is 13.5. The third kappa shape index (κ3) is 4.76. The SMILES string of the molecule is COc1cc(NC(=O)c2ccc(-n3nc(C)cc3C)cc2)c(C(=O)N2CCCCC2)cc1OC. The molecule has 0 bridgehead atoms. The number of likely N-dealkylation sites (tertiary alicyclic amines) is 1. The number of anilines is 1. The highest BCUT2D eigenvalue weighted by molar-refractivity contribution is 6.09. The number of nitrogens with zero attached hydrogens (tertiary/aromatic N) is 3.